The second kappa shape index (κ2) is 12.7. The van der Waals surface area contributed by atoms with E-state index in [0.717, 1.165) is 19.1 Å². The van der Waals surface area contributed by atoms with E-state index in [4.69, 9.17) is 9.47 Å². The minimum Gasteiger partial charge on any atom is -0.444 e. The van der Waals surface area contributed by atoms with Gasteiger partial charge in [0.05, 0.1) is 0 Å². The fourth-order valence-corrected chi connectivity index (χ4v) is 3.27. The lowest BCUT2D eigenvalue weighted by atomic mass is 9.89. The summed E-state index contributed by atoms with van der Waals surface area (Å²) in [6.07, 6.45) is 7.00. The molecule has 0 aliphatic heterocycles. The largest absolute Gasteiger partial charge is 0.444 e. The lowest BCUT2D eigenvalue weighted by Gasteiger charge is -2.29. The third kappa shape index (κ3) is 12.4. The van der Waals surface area contributed by atoms with Crippen molar-refractivity contribution in [1.82, 2.24) is 10.2 Å². The smallest absolute Gasteiger partial charge is 0.417 e. The molecule has 1 rings (SSSR count). The van der Waals surface area contributed by atoms with Gasteiger partial charge in [0.25, 0.3) is 0 Å². The van der Waals surface area contributed by atoms with Crippen LogP contribution < -0.4 is 5.32 Å². The molecule has 0 heterocycles. The first-order chi connectivity index (χ1) is 14.4. The van der Waals surface area contributed by atoms with Gasteiger partial charge in [-0.1, -0.05) is 19.3 Å². The average Bonchev–Trinajstić information content (AvgIpc) is 2.63. The number of rotatable bonds is 7. The number of aldehydes is 1. The van der Waals surface area contributed by atoms with Crippen LogP contribution in [0.1, 0.15) is 92.9 Å². The first-order valence-corrected chi connectivity index (χ1v) is 11.4. The molecule has 8 heteroatoms. The summed E-state index contributed by atoms with van der Waals surface area (Å²) in [5, 5.41) is 2.67. The van der Waals surface area contributed by atoms with Crippen molar-refractivity contribution in [1.29, 1.82) is 0 Å². The van der Waals surface area contributed by atoms with Crippen molar-refractivity contribution < 1.29 is 23.9 Å². The number of carbonyl (C=O) groups excluding carboxylic acids is 3. The molecule has 2 amide bonds. The van der Waals surface area contributed by atoms with Crippen LogP contribution in [0.3, 0.4) is 0 Å². The van der Waals surface area contributed by atoms with Crippen LogP contribution in [0, 0.1) is 5.92 Å². The van der Waals surface area contributed by atoms with Crippen molar-refractivity contribution in [3.05, 3.63) is 0 Å². The molecule has 0 spiro atoms. The summed E-state index contributed by atoms with van der Waals surface area (Å²) < 4.78 is 10.9. The maximum Gasteiger partial charge on any atom is 0.417 e. The van der Waals surface area contributed by atoms with Gasteiger partial charge >= 0.3 is 12.2 Å². The van der Waals surface area contributed by atoms with Gasteiger partial charge in [-0.2, -0.15) is 0 Å². The van der Waals surface area contributed by atoms with Crippen molar-refractivity contribution in [3.63, 3.8) is 0 Å². The topological polar surface area (TPSA) is 97.3 Å². The zero-order valence-electron chi connectivity index (χ0n) is 20.2. The molecule has 0 atom stereocenters. The number of nitrogens with one attached hydrogen (secondary N) is 1. The van der Waals surface area contributed by atoms with Crippen molar-refractivity contribution in [2.75, 3.05) is 13.1 Å². The second-order valence-corrected chi connectivity index (χ2v) is 10.1. The van der Waals surface area contributed by atoms with Crippen LogP contribution in [-0.4, -0.2) is 53.6 Å². The Balaban J connectivity index is 3.07. The third-order valence-electron chi connectivity index (χ3n) is 4.66. The zero-order valence-corrected chi connectivity index (χ0v) is 20.2. The van der Waals surface area contributed by atoms with Gasteiger partial charge in [0.15, 0.2) is 0 Å². The molecule has 1 saturated carbocycles. The van der Waals surface area contributed by atoms with Gasteiger partial charge in [0.2, 0.25) is 5.96 Å². The van der Waals surface area contributed by atoms with Crippen LogP contribution in [0.15, 0.2) is 4.99 Å². The normalized spacial score (nSPS) is 15.9. The molecular formula is C23H41N3O5. The Hall–Kier alpha value is -2.12. The summed E-state index contributed by atoms with van der Waals surface area (Å²) >= 11 is 0. The van der Waals surface area contributed by atoms with Gasteiger partial charge in [0.1, 0.15) is 17.5 Å². The Morgan fingerprint density at radius 2 is 1.61 bits per heavy atom. The number of alkyl carbamates (subject to hydrolysis) is 1. The molecule has 0 radical (unpaired) electrons. The maximum atomic E-state index is 12.9. The number of guanidine groups is 1. The van der Waals surface area contributed by atoms with Crippen LogP contribution in [0.4, 0.5) is 9.59 Å². The molecule has 0 aromatic heterocycles. The van der Waals surface area contributed by atoms with Crippen molar-refractivity contribution >= 4 is 24.4 Å². The molecule has 8 nitrogen and oxygen atoms in total. The predicted octanol–water partition coefficient (Wildman–Crippen LogP) is 5.05. The molecular weight excluding hydrogens is 398 g/mol. The third-order valence-corrected chi connectivity index (χ3v) is 4.66. The van der Waals surface area contributed by atoms with Crippen LogP contribution in [-0.2, 0) is 14.3 Å². The number of aliphatic imine (C=N–C) groups is 1. The highest BCUT2D eigenvalue weighted by Gasteiger charge is 2.28. The molecule has 1 aliphatic rings. The van der Waals surface area contributed by atoms with Gasteiger partial charge in [-0.25, -0.2) is 14.5 Å². The van der Waals surface area contributed by atoms with Crippen LogP contribution in [0.5, 0.6) is 0 Å². The molecule has 1 fully saturated rings. The molecule has 0 unspecified atom stereocenters. The average molecular weight is 440 g/mol. The number of unbranched alkanes of at least 4 members (excludes halogenated alkanes) is 2. The van der Waals surface area contributed by atoms with Crippen LogP contribution in [0.25, 0.3) is 0 Å². The first-order valence-electron chi connectivity index (χ1n) is 11.4. The van der Waals surface area contributed by atoms with E-state index in [2.05, 4.69) is 10.3 Å². The quantitative estimate of drug-likeness (QED) is 0.259. The zero-order chi connectivity index (χ0) is 23.5. The van der Waals surface area contributed by atoms with Gasteiger partial charge in [-0.15, -0.1) is 0 Å². The Labute approximate surface area is 187 Å². The summed E-state index contributed by atoms with van der Waals surface area (Å²) in [6.45, 7) is 11.5. The minimum atomic E-state index is -0.696. The monoisotopic (exact) mass is 439 g/mol. The van der Waals surface area contributed by atoms with E-state index in [1.807, 2.05) is 0 Å². The highest BCUT2D eigenvalue weighted by atomic mass is 16.6. The lowest BCUT2D eigenvalue weighted by molar-refractivity contribution is -0.107. The standard InChI is InChI=1S/C23H41N3O5/c1-22(2,3)30-20(28)25-19(24-17-18-13-9-7-10-14-18)26(15-11-8-12-16-27)21(29)31-23(4,5)6/h16,18H,7-15,17H2,1-6H3,(H,24,25,28). The van der Waals surface area contributed by atoms with Gasteiger partial charge < -0.3 is 14.3 Å². The fraction of sp³-hybridized carbons (Fsp3) is 0.826. The predicted molar refractivity (Wildman–Crippen MR) is 121 cm³/mol. The molecule has 1 N–H and O–H groups in total. The first kappa shape index (κ1) is 26.9. The number of amides is 2. The van der Waals surface area contributed by atoms with E-state index < -0.39 is 23.4 Å². The molecule has 0 aromatic carbocycles. The van der Waals surface area contributed by atoms with Crippen LogP contribution >= 0.6 is 0 Å². The Morgan fingerprint density at radius 3 is 2.16 bits per heavy atom. The molecule has 0 aromatic rings. The van der Waals surface area contributed by atoms with Gasteiger partial charge in [-0.05, 0) is 73.1 Å². The van der Waals surface area contributed by atoms with E-state index in [-0.39, 0.29) is 12.5 Å². The molecule has 31 heavy (non-hydrogen) atoms. The number of hydrogen-bond donors (Lipinski definition) is 1. The maximum absolute atomic E-state index is 12.9. The molecule has 1 aliphatic carbocycles. The number of hydrogen-bond acceptors (Lipinski definition) is 6. The summed E-state index contributed by atoms with van der Waals surface area (Å²) in [5.74, 6) is 0.569. The Morgan fingerprint density at radius 1 is 1.00 bits per heavy atom. The molecule has 178 valence electrons. The van der Waals surface area contributed by atoms with E-state index in [0.29, 0.717) is 31.7 Å². The number of nitrogens with zero attached hydrogens (tertiary/aromatic N) is 2. The van der Waals surface area contributed by atoms with Crippen LogP contribution in [0.2, 0.25) is 0 Å². The summed E-state index contributed by atoms with van der Waals surface area (Å²) in [6, 6.07) is 0. The SMILES string of the molecule is CC(C)(C)OC(=O)NC(=NCC1CCCCC1)N(CCCCC=O)C(=O)OC(C)(C)C. The molecule has 0 bridgehead atoms. The highest BCUT2D eigenvalue weighted by molar-refractivity contribution is 6.01. The summed E-state index contributed by atoms with van der Waals surface area (Å²) in [4.78, 5) is 42.0. The Bertz CT molecular complexity index is 614. The second-order valence-electron chi connectivity index (χ2n) is 10.1. The number of carbonyl (C=O) groups is 3. The van der Waals surface area contributed by atoms with E-state index in [9.17, 15) is 14.4 Å². The van der Waals surface area contributed by atoms with E-state index in [1.165, 1.54) is 24.2 Å². The highest BCUT2D eigenvalue weighted by Crippen LogP contribution is 2.24. The van der Waals surface area contributed by atoms with E-state index in [1.54, 1.807) is 41.5 Å². The van der Waals surface area contributed by atoms with Crippen molar-refractivity contribution in [2.45, 2.75) is 104 Å². The van der Waals surface area contributed by atoms with Gasteiger partial charge in [-0.3, -0.25) is 10.3 Å². The number of ether oxygens (including phenoxy) is 2. The fourth-order valence-electron chi connectivity index (χ4n) is 3.27. The van der Waals surface area contributed by atoms with Gasteiger partial charge in [0, 0.05) is 19.5 Å². The lowest BCUT2D eigenvalue weighted by Crippen LogP contribution is -2.50. The van der Waals surface area contributed by atoms with Crippen molar-refractivity contribution in [3.8, 4) is 0 Å². The van der Waals surface area contributed by atoms with E-state index >= 15 is 0 Å². The summed E-state index contributed by atoms with van der Waals surface area (Å²) in [5.41, 5.74) is -1.38. The van der Waals surface area contributed by atoms with Crippen molar-refractivity contribution in [2.24, 2.45) is 10.9 Å². The molecule has 0 saturated heterocycles. The summed E-state index contributed by atoms with van der Waals surface area (Å²) in [7, 11) is 0. The Kier molecular flexibility index (Phi) is 11.0. The minimum absolute atomic E-state index is 0.139.